The van der Waals surface area contributed by atoms with Crippen LogP contribution in [0.25, 0.3) is 0 Å². The highest BCUT2D eigenvalue weighted by Gasteiger charge is 2.12. The predicted molar refractivity (Wildman–Crippen MR) is 60.4 cm³/mol. The number of halogens is 1. The molecule has 0 spiro atoms. The van der Waals surface area contributed by atoms with Gasteiger partial charge in [-0.1, -0.05) is 23.7 Å². The van der Waals surface area contributed by atoms with Gasteiger partial charge in [0.25, 0.3) is 5.91 Å². The van der Waals surface area contributed by atoms with Gasteiger partial charge < -0.3 is 5.73 Å². The number of carbonyl (C=O) groups is 1. The molecule has 3 nitrogen and oxygen atoms in total. The van der Waals surface area contributed by atoms with E-state index in [-0.39, 0.29) is 11.0 Å². The number of aryl methyl sites for hydroxylation is 1. The molecule has 1 aromatic carbocycles. The molecular formula is C9H9ClN2OS. The fourth-order valence-electron chi connectivity index (χ4n) is 1.09. The standard InChI is InChI=1S/C9H9ClN2OS/c1-5-3-2-4-6(10)7(5)8(13)12-9(11)14/h2-4H,1H3,(H3,11,12,13,14). The first kappa shape index (κ1) is 10.9. The summed E-state index contributed by atoms with van der Waals surface area (Å²) in [6, 6.07) is 5.21. The molecular weight excluding hydrogens is 220 g/mol. The van der Waals surface area contributed by atoms with E-state index in [0.717, 1.165) is 5.56 Å². The minimum atomic E-state index is -0.374. The number of nitrogens with two attached hydrogens (primary N) is 1. The highest BCUT2D eigenvalue weighted by Crippen LogP contribution is 2.18. The van der Waals surface area contributed by atoms with Crippen LogP contribution in [0.3, 0.4) is 0 Å². The van der Waals surface area contributed by atoms with E-state index in [0.29, 0.717) is 10.6 Å². The van der Waals surface area contributed by atoms with Crippen molar-refractivity contribution in [3.63, 3.8) is 0 Å². The molecule has 0 unspecified atom stereocenters. The summed E-state index contributed by atoms with van der Waals surface area (Å²) in [7, 11) is 0. The molecule has 1 amide bonds. The largest absolute Gasteiger partial charge is 0.376 e. The van der Waals surface area contributed by atoms with Crippen LogP contribution in [-0.4, -0.2) is 11.0 Å². The van der Waals surface area contributed by atoms with Crippen molar-refractivity contribution in [2.75, 3.05) is 0 Å². The van der Waals surface area contributed by atoms with E-state index in [9.17, 15) is 4.79 Å². The van der Waals surface area contributed by atoms with E-state index >= 15 is 0 Å². The van der Waals surface area contributed by atoms with Crippen molar-refractivity contribution in [2.24, 2.45) is 5.73 Å². The Hall–Kier alpha value is -1.13. The van der Waals surface area contributed by atoms with Gasteiger partial charge in [0.1, 0.15) is 0 Å². The van der Waals surface area contributed by atoms with Gasteiger partial charge in [0.05, 0.1) is 10.6 Å². The van der Waals surface area contributed by atoms with Crippen LogP contribution in [0, 0.1) is 6.92 Å². The Bertz CT molecular complexity index is 372. The van der Waals surface area contributed by atoms with Gasteiger partial charge in [0.15, 0.2) is 5.11 Å². The smallest absolute Gasteiger partial charge is 0.259 e. The molecule has 0 aliphatic carbocycles. The zero-order chi connectivity index (χ0) is 10.7. The Morgan fingerprint density at radius 3 is 2.71 bits per heavy atom. The maximum absolute atomic E-state index is 11.5. The lowest BCUT2D eigenvalue weighted by Gasteiger charge is -2.07. The maximum Gasteiger partial charge on any atom is 0.259 e. The number of rotatable bonds is 1. The zero-order valence-corrected chi connectivity index (χ0v) is 9.08. The predicted octanol–water partition coefficient (Wildman–Crippen LogP) is 1.62. The fourth-order valence-corrected chi connectivity index (χ4v) is 1.49. The minimum absolute atomic E-state index is 0.0608. The molecule has 0 fully saturated rings. The number of hydrogen-bond acceptors (Lipinski definition) is 2. The molecule has 0 aromatic heterocycles. The molecule has 3 N–H and O–H groups in total. The zero-order valence-electron chi connectivity index (χ0n) is 7.50. The summed E-state index contributed by atoms with van der Waals surface area (Å²) >= 11 is 10.4. The molecule has 0 saturated carbocycles. The number of nitrogens with one attached hydrogen (secondary N) is 1. The summed E-state index contributed by atoms with van der Waals surface area (Å²) in [4.78, 5) is 11.5. The van der Waals surface area contributed by atoms with Gasteiger partial charge in [0, 0.05) is 0 Å². The molecule has 0 saturated heterocycles. The van der Waals surface area contributed by atoms with Crippen molar-refractivity contribution in [3.8, 4) is 0 Å². The van der Waals surface area contributed by atoms with Crippen LogP contribution in [-0.2, 0) is 0 Å². The average Bonchev–Trinajstić information content (AvgIpc) is 2.01. The Morgan fingerprint density at radius 1 is 1.57 bits per heavy atom. The summed E-state index contributed by atoms with van der Waals surface area (Å²) in [5, 5.41) is 2.65. The van der Waals surface area contributed by atoms with Crippen molar-refractivity contribution < 1.29 is 4.79 Å². The molecule has 0 aliphatic rings. The molecule has 1 rings (SSSR count). The lowest BCUT2D eigenvalue weighted by molar-refractivity contribution is 0.0977. The fraction of sp³-hybridized carbons (Fsp3) is 0.111. The van der Waals surface area contributed by atoms with Gasteiger partial charge in [-0.2, -0.15) is 0 Å². The van der Waals surface area contributed by atoms with Crippen LogP contribution in [0.4, 0.5) is 0 Å². The highest BCUT2D eigenvalue weighted by atomic mass is 35.5. The maximum atomic E-state index is 11.5. The van der Waals surface area contributed by atoms with Crippen molar-refractivity contribution in [1.82, 2.24) is 5.32 Å². The number of carbonyl (C=O) groups excluding carboxylic acids is 1. The second-order valence-corrected chi connectivity index (χ2v) is 3.60. The molecule has 0 heterocycles. The molecule has 0 aliphatic heterocycles. The summed E-state index contributed by atoms with van der Waals surface area (Å²) < 4.78 is 0. The Balaban J connectivity index is 3.06. The third-order valence-corrected chi connectivity index (χ3v) is 2.10. The molecule has 1 aromatic rings. The average molecular weight is 229 g/mol. The van der Waals surface area contributed by atoms with Gasteiger partial charge in [-0.25, -0.2) is 0 Å². The van der Waals surface area contributed by atoms with Crippen LogP contribution >= 0.6 is 23.8 Å². The van der Waals surface area contributed by atoms with E-state index in [1.165, 1.54) is 0 Å². The Kier molecular flexibility index (Phi) is 3.43. The molecule has 0 radical (unpaired) electrons. The second kappa shape index (κ2) is 4.39. The van der Waals surface area contributed by atoms with E-state index in [2.05, 4.69) is 17.5 Å². The van der Waals surface area contributed by atoms with Crippen LogP contribution in [0.2, 0.25) is 5.02 Å². The third kappa shape index (κ3) is 2.43. The lowest BCUT2D eigenvalue weighted by atomic mass is 10.1. The monoisotopic (exact) mass is 228 g/mol. The first-order valence-corrected chi connectivity index (χ1v) is 4.67. The van der Waals surface area contributed by atoms with Gasteiger partial charge in [-0.15, -0.1) is 0 Å². The van der Waals surface area contributed by atoms with Crippen molar-refractivity contribution >= 4 is 34.8 Å². The molecule has 0 bridgehead atoms. The summed E-state index contributed by atoms with van der Waals surface area (Å²) in [6.45, 7) is 1.79. The Morgan fingerprint density at radius 2 is 2.21 bits per heavy atom. The summed E-state index contributed by atoms with van der Waals surface area (Å²) in [5.41, 5.74) is 6.38. The van der Waals surface area contributed by atoms with Crippen LogP contribution in [0.5, 0.6) is 0 Å². The number of amides is 1. The van der Waals surface area contributed by atoms with E-state index in [1.807, 2.05) is 0 Å². The van der Waals surface area contributed by atoms with Crippen molar-refractivity contribution in [2.45, 2.75) is 6.92 Å². The number of benzene rings is 1. The van der Waals surface area contributed by atoms with Gasteiger partial charge in [-0.05, 0) is 30.8 Å². The molecule has 14 heavy (non-hydrogen) atoms. The van der Waals surface area contributed by atoms with Crippen molar-refractivity contribution in [3.05, 3.63) is 34.3 Å². The van der Waals surface area contributed by atoms with Gasteiger partial charge in [0.2, 0.25) is 0 Å². The van der Waals surface area contributed by atoms with E-state index in [1.54, 1.807) is 25.1 Å². The van der Waals surface area contributed by atoms with Crippen LogP contribution in [0.15, 0.2) is 18.2 Å². The normalized spacial score (nSPS) is 9.57. The lowest BCUT2D eigenvalue weighted by Crippen LogP contribution is -2.35. The van der Waals surface area contributed by atoms with Crippen molar-refractivity contribution in [1.29, 1.82) is 0 Å². The van der Waals surface area contributed by atoms with Gasteiger partial charge >= 0.3 is 0 Å². The SMILES string of the molecule is Cc1cccc(Cl)c1C(=O)NC(N)=S. The van der Waals surface area contributed by atoms with Crippen LogP contribution < -0.4 is 11.1 Å². The Labute approximate surface area is 92.2 Å². The first-order valence-electron chi connectivity index (χ1n) is 3.88. The number of hydrogen-bond donors (Lipinski definition) is 2. The molecule has 0 atom stereocenters. The highest BCUT2D eigenvalue weighted by molar-refractivity contribution is 7.80. The summed E-state index contributed by atoms with van der Waals surface area (Å²) in [6.07, 6.45) is 0. The van der Waals surface area contributed by atoms with E-state index in [4.69, 9.17) is 17.3 Å². The summed E-state index contributed by atoms with van der Waals surface area (Å²) in [5.74, 6) is -0.374. The quantitative estimate of drug-likeness (QED) is 0.719. The number of thiocarbonyl (C=S) groups is 1. The second-order valence-electron chi connectivity index (χ2n) is 2.75. The van der Waals surface area contributed by atoms with E-state index < -0.39 is 0 Å². The molecule has 74 valence electrons. The minimum Gasteiger partial charge on any atom is -0.376 e. The molecule has 5 heteroatoms. The first-order chi connectivity index (χ1) is 6.52. The van der Waals surface area contributed by atoms with Gasteiger partial charge in [-0.3, -0.25) is 10.1 Å². The van der Waals surface area contributed by atoms with Crippen LogP contribution in [0.1, 0.15) is 15.9 Å². The third-order valence-electron chi connectivity index (χ3n) is 1.69. The topological polar surface area (TPSA) is 55.1 Å².